The van der Waals surface area contributed by atoms with E-state index in [1.807, 2.05) is 0 Å². The quantitative estimate of drug-likeness (QED) is 0.743. The lowest BCUT2D eigenvalue weighted by atomic mass is 9.72. The zero-order valence-corrected chi connectivity index (χ0v) is 18.8. The minimum atomic E-state index is -1.93. The van der Waals surface area contributed by atoms with Crippen molar-refractivity contribution in [2.24, 2.45) is 5.92 Å². The van der Waals surface area contributed by atoms with Crippen molar-refractivity contribution >= 4 is 11.7 Å². The summed E-state index contributed by atoms with van der Waals surface area (Å²) in [6.07, 6.45) is 5.14. The van der Waals surface area contributed by atoms with E-state index in [0.29, 0.717) is 31.2 Å². The third-order valence-electron chi connectivity index (χ3n) is 7.38. The van der Waals surface area contributed by atoms with Gasteiger partial charge < -0.3 is 15.0 Å². The van der Waals surface area contributed by atoms with Crippen LogP contribution in [0.3, 0.4) is 0 Å². The van der Waals surface area contributed by atoms with Crippen molar-refractivity contribution in [1.82, 2.24) is 20.2 Å². The number of aromatic nitrogens is 2. The minimum Gasteiger partial charge on any atom is -0.438 e. The molecule has 0 saturated carbocycles. The summed E-state index contributed by atoms with van der Waals surface area (Å²) in [5, 5.41) is 3.14. The molecule has 4 aliphatic rings. The van der Waals surface area contributed by atoms with Crippen LogP contribution in [0.4, 0.5) is 14.6 Å². The molecule has 5 heterocycles. The molecular weight excluding hydrogens is 428 g/mol. The highest BCUT2D eigenvalue weighted by atomic mass is 19.1. The van der Waals surface area contributed by atoms with Gasteiger partial charge >= 0.3 is 0 Å². The van der Waals surface area contributed by atoms with Gasteiger partial charge in [0.25, 0.3) is 5.91 Å². The molecule has 176 valence electrons. The number of carbonyl (C=O) groups excluding carboxylic acids is 1. The largest absolute Gasteiger partial charge is 0.438 e. The molecule has 1 N–H and O–H groups in total. The topological polar surface area (TPSA) is 70.6 Å². The Balaban J connectivity index is 1.46. The summed E-state index contributed by atoms with van der Waals surface area (Å²) >= 11 is 0. The average Bonchev–Trinajstić information content (AvgIpc) is 2.83. The Morgan fingerprint density at radius 1 is 1.15 bits per heavy atom. The summed E-state index contributed by atoms with van der Waals surface area (Å²) in [6, 6.07) is 5.59. The second kappa shape index (κ2) is 8.61. The summed E-state index contributed by atoms with van der Waals surface area (Å²) in [5.74, 6) is 0.359. The van der Waals surface area contributed by atoms with E-state index in [1.165, 1.54) is 36.7 Å². The smallest absolute Gasteiger partial charge is 0.266 e. The molecule has 6 rings (SSSR count). The number of hydrogen-bond donors (Lipinski definition) is 1. The van der Waals surface area contributed by atoms with Gasteiger partial charge in [-0.2, -0.15) is 0 Å². The van der Waals surface area contributed by atoms with Gasteiger partial charge in [-0.25, -0.2) is 18.7 Å². The zero-order valence-electron chi connectivity index (χ0n) is 18.8. The van der Waals surface area contributed by atoms with Crippen molar-refractivity contribution in [3.8, 4) is 11.6 Å². The molecular formula is C24H29F2N5O2. The van der Waals surface area contributed by atoms with E-state index in [1.54, 1.807) is 4.90 Å². The van der Waals surface area contributed by atoms with Crippen LogP contribution in [0.1, 0.15) is 32.6 Å². The van der Waals surface area contributed by atoms with Crippen molar-refractivity contribution in [2.75, 3.05) is 37.6 Å². The molecule has 1 aromatic heterocycles. The predicted octanol–water partition coefficient (Wildman–Crippen LogP) is 3.32. The number of hydrogen-bond acceptors (Lipinski definition) is 6. The number of fused-ring (bicyclic) bond motifs is 3. The first-order valence-corrected chi connectivity index (χ1v) is 11.6. The molecule has 0 aliphatic carbocycles. The van der Waals surface area contributed by atoms with Crippen LogP contribution in [0.15, 0.2) is 36.7 Å². The second-order valence-electron chi connectivity index (χ2n) is 9.53. The molecule has 1 unspecified atom stereocenters. The van der Waals surface area contributed by atoms with Crippen molar-refractivity contribution in [1.29, 1.82) is 0 Å². The highest BCUT2D eigenvalue weighted by Gasteiger charge is 2.54. The highest BCUT2D eigenvalue weighted by molar-refractivity contribution is 6.00. The maximum Gasteiger partial charge on any atom is 0.266 e. The molecule has 9 heteroatoms. The Hall–Kier alpha value is -2.65. The Kier molecular flexibility index (Phi) is 5.78. The maximum absolute atomic E-state index is 15.9. The summed E-state index contributed by atoms with van der Waals surface area (Å²) < 4.78 is 34.7. The number of halogens is 2. The van der Waals surface area contributed by atoms with Crippen molar-refractivity contribution in [3.63, 3.8) is 0 Å². The number of nitrogens with one attached hydrogen (secondary N) is 1. The third-order valence-corrected chi connectivity index (χ3v) is 7.38. The fraction of sp³-hybridized carbons (Fsp3) is 0.542. The SMILES string of the molecule is CC1(N(C(=O)C2(F)CCNCC2)c2cnc(Oc3ccc(F)cc3)cn2)CN2CCC1CC2. The van der Waals surface area contributed by atoms with E-state index < -0.39 is 17.1 Å². The lowest BCUT2D eigenvalue weighted by Gasteiger charge is -2.56. The van der Waals surface area contributed by atoms with Crippen LogP contribution >= 0.6 is 0 Å². The van der Waals surface area contributed by atoms with Crippen LogP contribution < -0.4 is 15.0 Å². The van der Waals surface area contributed by atoms with E-state index in [9.17, 15) is 9.18 Å². The van der Waals surface area contributed by atoms with E-state index in [4.69, 9.17) is 4.74 Å². The molecule has 4 saturated heterocycles. The number of piperidine rings is 4. The van der Waals surface area contributed by atoms with Crippen molar-refractivity contribution < 1.29 is 18.3 Å². The summed E-state index contributed by atoms with van der Waals surface area (Å²) in [6.45, 7) is 5.69. The predicted molar refractivity (Wildman–Crippen MR) is 120 cm³/mol. The first-order valence-electron chi connectivity index (χ1n) is 11.6. The number of ether oxygens (including phenoxy) is 1. The summed E-state index contributed by atoms with van der Waals surface area (Å²) in [7, 11) is 0. The molecule has 1 atom stereocenters. The van der Waals surface area contributed by atoms with Gasteiger partial charge in [-0.15, -0.1) is 0 Å². The average molecular weight is 458 g/mol. The molecule has 0 spiro atoms. The van der Waals surface area contributed by atoms with Gasteiger partial charge in [0.2, 0.25) is 5.88 Å². The van der Waals surface area contributed by atoms with Crippen LogP contribution in [0.5, 0.6) is 11.6 Å². The molecule has 1 aromatic carbocycles. The van der Waals surface area contributed by atoms with Gasteiger partial charge in [-0.05, 0) is 76.1 Å². The molecule has 33 heavy (non-hydrogen) atoms. The van der Waals surface area contributed by atoms with Gasteiger partial charge in [0.1, 0.15) is 11.6 Å². The molecule has 2 aromatic rings. The molecule has 4 fully saturated rings. The van der Waals surface area contributed by atoms with Gasteiger partial charge in [-0.1, -0.05) is 0 Å². The van der Waals surface area contributed by atoms with Gasteiger partial charge in [0, 0.05) is 19.4 Å². The van der Waals surface area contributed by atoms with Crippen molar-refractivity contribution in [3.05, 3.63) is 42.5 Å². The number of nitrogens with zero attached hydrogens (tertiary/aromatic N) is 4. The Morgan fingerprint density at radius 3 is 2.42 bits per heavy atom. The first-order chi connectivity index (χ1) is 15.9. The minimum absolute atomic E-state index is 0.145. The Bertz CT molecular complexity index is 989. The second-order valence-corrected chi connectivity index (χ2v) is 9.53. The number of alkyl halides is 1. The molecule has 4 aliphatic heterocycles. The van der Waals surface area contributed by atoms with Crippen LogP contribution in [0, 0.1) is 11.7 Å². The first kappa shape index (κ1) is 22.2. The van der Waals surface area contributed by atoms with Gasteiger partial charge in [-0.3, -0.25) is 9.69 Å². The van der Waals surface area contributed by atoms with E-state index in [2.05, 4.69) is 27.1 Å². The van der Waals surface area contributed by atoms with Crippen LogP contribution in [-0.4, -0.2) is 64.7 Å². The monoisotopic (exact) mass is 457 g/mol. The zero-order chi connectivity index (χ0) is 23.1. The number of rotatable bonds is 5. The number of carbonyl (C=O) groups is 1. The molecule has 0 radical (unpaired) electrons. The number of amides is 1. The molecule has 2 bridgehead atoms. The summed E-state index contributed by atoms with van der Waals surface area (Å²) in [4.78, 5) is 26.5. The fourth-order valence-electron chi connectivity index (χ4n) is 5.48. The third kappa shape index (κ3) is 4.19. The van der Waals surface area contributed by atoms with Crippen LogP contribution in [0.2, 0.25) is 0 Å². The Morgan fingerprint density at radius 2 is 1.85 bits per heavy atom. The standard InChI is InChI=1S/C24H29F2N5O2/c1-23(16-30-12-6-17(23)7-13-30)31(22(32)24(26)8-10-27-11-9-24)20-14-29-21(15-28-20)33-19-4-2-18(25)3-5-19/h2-5,14-15,17,27H,6-13,16H2,1H3. The van der Waals surface area contributed by atoms with E-state index in [0.717, 1.165) is 25.9 Å². The Labute approximate surface area is 192 Å². The fourth-order valence-corrected chi connectivity index (χ4v) is 5.48. The lowest BCUT2D eigenvalue weighted by Crippen LogP contribution is -2.69. The van der Waals surface area contributed by atoms with Crippen LogP contribution in [0.25, 0.3) is 0 Å². The van der Waals surface area contributed by atoms with Crippen LogP contribution in [-0.2, 0) is 4.79 Å². The summed E-state index contributed by atoms with van der Waals surface area (Å²) in [5.41, 5.74) is -2.49. The van der Waals surface area contributed by atoms with Crippen molar-refractivity contribution in [2.45, 2.75) is 43.8 Å². The lowest BCUT2D eigenvalue weighted by molar-refractivity contribution is -0.134. The maximum atomic E-state index is 15.9. The number of benzene rings is 1. The molecule has 7 nitrogen and oxygen atoms in total. The number of anilines is 1. The molecule has 1 amide bonds. The highest BCUT2D eigenvalue weighted by Crippen LogP contribution is 2.43. The van der Waals surface area contributed by atoms with E-state index >= 15 is 4.39 Å². The van der Waals surface area contributed by atoms with Gasteiger partial charge in [0.05, 0.1) is 17.9 Å². The van der Waals surface area contributed by atoms with Gasteiger partial charge in [0.15, 0.2) is 11.5 Å². The van der Waals surface area contributed by atoms with E-state index in [-0.39, 0.29) is 30.5 Å². The normalized spacial score (nSPS) is 28.3.